The van der Waals surface area contributed by atoms with E-state index in [-0.39, 0.29) is 5.56 Å². The molecule has 1 aromatic rings. The number of aromatic nitrogens is 1. The molecular weight excluding hydrogens is 152 g/mol. The van der Waals surface area contributed by atoms with Gasteiger partial charge in [0.2, 0.25) is 0 Å². The van der Waals surface area contributed by atoms with Gasteiger partial charge in [0.05, 0.1) is 0 Å². The van der Waals surface area contributed by atoms with Crippen LogP contribution in [0.5, 0.6) is 0 Å². The van der Waals surface area contributed by atoms with Gasteiger partial charge in [-0.3, -0.25) is 4.79 Å². The molecule has 0 unspecified atom stereocenters. The number of aryl methyl sites for hydroxylation is 1. The minimum absolute atomic E-state index is 0.0298. The standard InChI is InChI=1S/C9H14N2O/c1-6-4-9(12)11(3)7(2)8(6)5-10/h4H,5,10H2,1-3H3. The second-order valence-corrected chi connectivity index (χ2v) is 2.99. The fraction of sp³-hybridized carbons (Fsp3) is 0.444. The fourth-order valence-electron chi connectivity index (χ4n) is 1.33. The highest BCUT2D eigenvalue weighted by atomic mass is 16.1. The number of rotatable bonds is 1. The SMILES string of the molecule is Cc1cc(=O)n(C)c(C)c1CN. The molecule has 0 amide bonds. The van der Waals surface area contributed by atoms with Crippen LogP contribution in [0.15, 0.2) is 10.9 Å². The highest BCUT2D eigenvalue weighted by Crippen LogP contribution is 2.08. The van der Waals surface area contributed by atoms with Gasteiger partial charge in [0.15, 0.2) is 0 Å². The van der Waals surface area contributed by atoms with E-state index in [4.69, 9.17) is 5.73 Å². The van der Waals surface area contributed by atoms with Crippen molar-refractivity contribution in [2.75, 3.05) is 0 Å². The average molecular weight is 166 g/mol. The topological polar surface area (TPSA) is 48.0 Å². The van der Waals surface area contributed by atoms with Crippen molar-refractivity contribution < 1.29 is 0 Å². The Morgan fingerprint density at radius 2 is 2.08 bits per heavy atom. The number of hydrogen-bond donors (Lipinski definition) is 1. The second-order valence-electron chi connectivity index (χ2n) is 2.99. The first-order chi connectivity index (χ1) is 5.57. The summed E-state index contributed by atoms with van der Waals surface area (Å²) in [5.41, 5.74) is 8.60. The Labute approximate surface area is 71.8 Å². The number of nitrogens with two attached hydrogens (primary N) is 1. The summed E-state index contributed by atoms with van der Waals surface area (Å²) in [7, 11) is 1.76. The first-order valence-corrected chi connectivity index (χ1v) is 3.94. The summed E-state index contributed by atoms with van der Waals surface area (Å²) in [5.74, 6) is 0. The lowest BCUT2D eigenvalue weighted by molar-refractivity contribution is 0.788. The zero-order valence-electron chi connectivity index (χ0n) is 7.72. The molecule has 0 fully saturated rings. The summed E-state index contributed by atoms with van der Waals surface area (Å²) in [5, 5.41) is 0. The van der Waals surface area contributed by atoms with Crippen LogP contribution >= 0.6 is 0 Å². The molecule has 0 radical (unpaired) electrons. The highest BCUT2D eigenvalue weighted by Gasteiger charge is 2.04. The summed E-state index contributed by atoms with van der Waals surface area (Å²) in [4.78, 5) is 11.3. The van der Waals surface area contributed by atoms with E-state index in [0.717, 1.165) is 16.8 Å². The zero-order valence-corrected chi connectivity index (χ0v) is 7.72. The van der Waals surface area contributed by atoms with Crippen molar-refractivity contribution in [2.24, 2.45) is 12.8 Å². The van der Waals surface area contributed by atoms with Crippen LogP contribution in [0.25, 0.3) is 0 Å². The normalized spacial score (nSPS) is 10.3. The largest absolute Gasteiger partial charge is 0.326 e. The van der Waals surface area contributed by atoms with E-state index in [9.17, 15) is 4.79 Å². The predicted octanol–water partition coefficient (Wildman–Crippen LogP) is 0.461. The monoisotopic (exact) mass is 166 g/mol. The van der Waals surface area contributed by atoms with Gasteiger partial charge >= 0.3 is 0 Å². The van der Waals surface area contributed by atoms with Crippen LogP contribution in [0, 0.1) is 13.8 Å². The molecule has 3 nitrogen and oxygen atoms in total. The van der Waals surface area contributed by atoms with Crippen molar-refractivity contribution in [3.05, 3.63) is 33.2 Å². The summed E-state index contributed by atoms with van der Waals surface area (Å²) in [6.45, 7) is 4.32. The number of hydrogen-bond acceptors (Lipinski definition) is 2. The quantitative estimate of drug-likeness (QED) is 0.659. The zero-order chi connectivity index (χ0) is 9.30. The van der Waals surface area contributed by atoms with Crippen molar-refractivity contribution in [3.8, 4) is 0 Å². The summed E-state index contributed by atoms with van der Waals surface area (Å²) in [6.07, 6.45) is 0. The molecule has 0 aliphatic carbocycles. The third-order valence-electron chi connectivity index (χ3n) is 2.29. The third kappa shape index (κ3) is 1.28. The molecule has 0 spiro atoms. The lowest BCUT2D eigenvalue weighted by atomic mass is 10.1. The molecule has 0 aliphatic heterocycles. The molecule has 1 aromatic heterocycles. The molecule has 0 aromatic carbocycles. The van der Waals surface area contributed by atoms with Gasteiger partial charge in [0.25, 0.3) is 5.56 Å². The Bertz CT molecular complexity index is 352. The van der Waals surface area contributed by atoms with E-state index in [1.165, 1.54) is 0 Å². The van der Waals surface area contributed by atoms with Gasteiger partial charge < -0.3 is 10.3 Å². The maximum absolute atomic E-state index is 11.3. The Hall–Kier alpha value is -1.09. The second kappa shape index (κ2) is 3.11. The molecule has 66 valence electrons. The molecular formula is C9H14N2O. The Morgan fingerprint density at radius 3 is 2.58 bits per heavy atom. The Morgan fingerprint density at radius 1 is 1.50 bits per heavy atom. The van der Waals surface area contributed by atoms with Crippen LogP contribution in [0.1, 0.15) is 16.8 Å². The van der Waals surface area contributed by atoms with E-state index >= 15 is 0 Å². The predicted molar refractivity (Wildman–Crippen MR) is 49.0 cm³/mol. The molecule has 0 bridgehead atoms. The van der Waals surface area contributed by atoms with E-state index in [0.29, 0.717) is 6.54 Å². The first kappa shape index (κ1) is 9.00. The number of pyridine rings is 1. The fourth-order valence-corrected chi connectivity index (χ4v) is 1.33. The van der Waals surface area contributed by atoms with Crippen LogP contribution < -0.4 is 11.3 Å². The minimum Gasteiger partial charge on any atom is -0.326 e. The molecule has 1 rings (SSSR count). The van der Waals surface area contributed by atoms with Gasteiger partial charge in [0, 0.05) is 25.4 Å². The Balaban J connectivity index is 3.51. The van der Waals surface area contributed by atoms with Crippen LogP contribution in [0.3, 0.4) is 0 Å². The van der Waals surface area contributed by atoms with Crippen molar-refractivity contribution in [2.45, 2.75) is 20.4 Å². The first-order valence-electron chi connectivity index (χ1n) is 3.94. The molecule has 0 saturated heterocycles. The molecule has 0 aliphatic rings. The molecule has 2 N–H and O–H groups in total. The van der Waals surface area contributed by atoms with Gasteiger partial charge in [-0.25, -0.2) is 0 Å². The molecule has 3 heteroatoms. The van der Waals surface area contributed by atoms with Gasteiger partial charge in [-0.1, -0.05) is 0 Å². The van der Waals surface area contributed by atoms with Crippen molar-refractivity contribution in [1.29, 1.82) is 0 Å². The molecule has 12 heavy (non-hydrogen) atoms. The van der Waals surface area contributed by atoms with Crippen LogP contribution in [0.2, 0.25) is 0 Å². The molecule has 0 atom stereocenters. The van der Waals surface area contributed by atoms with Gasteiger partial charge in [0.1, 0.15) is 0 Å². The highest BCUT2D eigenvalue weighted by molar-refractivity contribution is 5.28. The molecule has 0 saturated carbocycles. The minimum atomic E-state index is 0.0298. The lowest BCUT2D eigenvalue weighted by Crippen LogP contribution is -2.21. The van der Waals surface area contributed by atoms with Crippen LogP contribution in [-0.2, 0) is 13.6 Å². The van der Waals surface area contributed by atoms with E-state index in [2.05, 4.69) is 0 Å². The van der Waals surface area contributed by atoms with Crippen molar-refractivity contribution >= 4 is 0 Å². The summed E-state index contributed by atoms with van der Waals surface area (Å²) < 4.78 is 1.62. The third-order valence-corrected chi connectivity index (χ3v) is 2.29. The van der Waals surface area contributed by atoms with E-state index in [1.807, 2.05) is 13.8 Å². The van der Waals surface area contributed by atoms with Crippen molar-refractivity contribution in [1.82, 2.24) is 4.57 Å². The number of nitrogens with zero attached hydrogens (tertiary/aromatic N) is 1. The summed E-state index contributed by atoms with van der Waals surface area (Å²) in [6, 6.07) is 1.62. The maximum Gasteiger partial charge on any atom is 0.250 e. The van der Waals surface area contributed by atoms with Gasteiger partial charge in [-0.2, -0.15) is 0 Å². The van der Waals surface area contributed by atoms with Gasteiger partial charge in [-0.15, -0.1) is 0 Å². The van der Waals surface area contributed by atoms with Crippen molar-refractivity contribution in [3.63, 3.8) is 0 Å². The van der Waals surface area contributed by atoms with E-state index < -0.39 is 0 Å². The molecule has 1 heterocycles. The summed E-state index contributed by atoms with van der Waals surface area (Å²) >= 11 is 0. The lowest BCUT2D eigenvalue weighted by Gasteiger charge is -2.10. The smallest absolute Gasteiger partial charge is 0.250 e. The van der Waals surface area contributed by atoms with Gasteiger partial charge in [-0.05, 0) is 25.0 Å². The average Bonchev–Trinajstić information content (AvgIpc) is 2.01. The maximum atomic E-state index is 11.3. The van der Waals surface area contributed by atoms with Crippen LogP contribution in [-0.4, -0.2) is 4.57 Å². The van der Waals surface area contributed by atoms with E-state index in [1.54, 1.807) is 17.7 Å². The van der Waals surface area contributed by atoms with Crippen LogP contribution in [0.4, 0.5) is 0 Å². The Kier molecular flexibility index (Phi) is 2.33.